The zero-order valence-corrected chi connectivity index (χ0v) is 16.8. The van der Waals surface area contributed by atoms with Gasteiger partial charge in [0.15, 0.2) is 0 Å². The van der Waals surface area contributed by atoms with E-state index in [-0.39, 0.29) is 5.97 Å². The van der Waals surface area contributed by atoms with Crippen LogP contribution in [0, 0.1) is 0 Å². The molecule has 0 saturated carbocycles. The summed E-state index contributed by atoms with van der Waals surface area (Å²) >= 11 is 0. The molecule has 1 unspecified atom stereocenters. The fourth-order valence-electron chi connectivity index (χ4n) is 4.61. The Morgan fingerprint density at radius 1 is 1.11 bits per heavy atom. The van der Waals surface area contributed by atoms with Gasteiger partial charge in [-0.1, -0.05) is 51.0 Å². The highest BCUT2D eigenvalue weighted by molar-refractivity contribution is 6.07. The summed E-state index contributed by atoms with van der Waals surface area (Å²) in [6.07, 6.45) is 6.65. The highest BCUT2D eigenvalue weighted by Crippen LogP contribution is 2.51. The van der Waals surface area contributed by atoms with Gasteiger partial charge >= 0.3 is 5.97 Å². The molecule has 0 radical (unpaired) electrons. The van der Waals surface area contributed by atoms with E-state index in [1.165, 1.54) is 47.8 Å². The first-order valence-corrected chi connectivity index (χ1v) is 10.2. The summed E-state index contributed by atoms with van der Waals surface area (Å²) < 4.78 is 4.93. The van der Waals surface area contributed by atoms with Gasteiger partial charge in [-0.2, -0.15) is 0 Å². The maximum absolute atomic E-state index is 12.1. The second-order valence-corrected chi connectivity index (χ2v) is 7.48. The van der Waals surface area contributed by atoms with E-state index in [1.807, 2.05) is 18.2 Å². The van der Waals surface area contributed by atoms with E-state index in [0.29, 0.717) is 11.5 Å². The summed E-state index contributed by atoms with van der Waals surface area (Å²) in [6.45, 7) is 4.49. The second-order valence-electron chi connectivity index (χ2n) is 7.48. The van der Waals surface area contributed by atoms with Crippen LogP contribution in [-0.4, -0.2) is 18.1 Å². The Morgan fingerprint density at radius 2 is 1.93 bits per heavy atom. The minimum absolute atomic E-state index is 0.295. The number of aromatic nitrogens is 1. The minimum Gasteiger partial charge on any atom is -0.465 e. The van der Waals surface area contributed by atoms with Crippen molar-refractivity contribution in [1.82, 2.24) is 4.98 Å². The molecule has 1 atom stereocenters. The Balaban J connectivity index is 1.91. The normalized spacial score (nSPS) is 15.9. The average Bonchev–Trinajstić information content (AvgIpc) is 3.29. The number of nitrogens with one attached hydrogen (secondary N) is 1. The van der Waals surface area contributed by atoms with Gasteiger partial charge < -0.3 is 9.72 Å². The number of esters is 1. The van der Waals surface area contributed by atoms with Crippen LogP contribution in [0.3, 0.4) is 0 Å². The number of methoxy groups -OCH3 is 1. The molecule has 0 saturated heterocycles. The maximum Gasteiger partial charge on any atom is 0.337 e. The average molecular weight is 373 g/mol. The zero-order valence-electron chi connectivity index (χ0n) is 16.8. The molecule has 1 aliphatic carbocycles. The number of aromatic amines is 1. The summed E-state index contributed by atoms with van der Waals surface area (Å²) in [5.41, 5.74) is 8.55. The molecule has 28 heavy (non-hydrogen) atoms. The Hall–Kier alpha value is -2.81. The molecule has 4 rings (SSSR count). The largest absolute Gasteiger partial charge is 0.465 e. The molecule has 1 N–H and O–H groups in total. The molecule has 1 aliphatic rings. The molecule has 3 aromatic rings. The van der Waals surface area contributed by atoms with Gasteiger partial charge in [0.05, 0.1) is 12.7 Å². The second kappa shape index (κ2) is 7.67. The van der Waals surface area contributed by atoms with Gasteiger partial charge in [0, 0.05) is 28.6 Å². The summed E-state index contributed by atoms with van der Waals surface area (Å²) in [4.78, 5) is 15.5. The number of hydrogen-bond donors (Lipinski definition) is 1. The van der Waals surface area contributed by atoms with Crippen LogP contribution in [0.1, 0.15) is 72.5 Å². The van der Waals surface area contributed by atoms with Crippen LogP contribution >= 0.6 is 0 Å². The topological polar surface area (TPSA) is 42.1 Å². The number of unbranched alkanes of at least 4 members (excludes halogenated alkanes) is 1. The number of carbonyl (C=O) groups excluding carboxylic acids is 1. The summed E-state index contributed by atoms with van der Waals surface area (Å²) in [5.74, 6) is 0.114. The third-order valence-electron chi connectivity index (χ3n) is 5.93. The summed E-state index contributed by atoms with van der Waals surface area (Å²) in [6, 6.07) is 14.6. The van der Waals surface area contributed by atoms with E-state index >= 15 is 0 Å². The highest BCUT2D eigenvalue weighted by atomic mass is 16.5. The van der Waals surface area contributed by atoms with Gasteiger partial charge in [-0.15, -0.1) is 0 Å². The van der Waals surface area contributed by atoms with Gasteiger partial charge in [-0.25, -0.2) is 4.79 Å². The Kier molecular flexibility index (Phi) is 5.08. The lowest BCUT2D eigenvalue weighted by Crippen LogP contribution is -2.01. The van der Waals surface area contributed by atoms with E-state index in [2.05, 4.69) is 49.3 Å². The highest BCUT2D eigenvalue weighted by Gasteiger charge is 2.31. The molecular formula is C25H27NO2. The SMILES string of the molecule is CCCCC1C(c2c[nH]c3ccc(C(=O)OC)cc23)=C(CC)c2ccccc21. The van der Waals surface area contributed by atoms with Gasteiger partial charge in [0.1, 0.15) is 0 Å². The molecule has 1 heterocycles. The first-order chi connectivity index (χ1) is 13.7. The minimum atomic E-state index is -0.295. The van der Waals surface area contributed by atoms with E-state index in [0.717, 1.165) is 23.7 Å². The van der Waals surface area contributed by atoms with Crippen molar-refractivity contribution in [2.24, 2.45) is 0 Å². The van der Waals surface area contributed by atoms with Gasteiger partial charge in [-0.05, 0) is 53.3 Å². The number of rotatable bonds is 6. The zero-order chi connectivity index (χ0) is 19.7. The monoisotopic (exact) mass is 373 g/mol. The lowest BCUT2D eigenvalue weighted by atomic mass is 9.86. The molecule has 0 amide bonds. The van der Waals surface area contributed by atoms with Crippen molar-refractivity contribution < 1.29 is 9.53 Å². The first-order valence-electron chi connectivity index (χ1n) is 10.2. The third kappa shape index (κ3) is 2.95. The van der Waals surface area contributed by atoms with Crippen LogP contribution in [-0.2, 0) is 4.74 Å². The van der Waals surface area contributed by atoms with Gasteiger partial charge in [-0.3, -0.25) is 0 Å². The standard InChI is InChI=1S/C25H27NO2/c1-4-6-9-20-19-11-8-7-10-18(19)17(5-2)24(20)22-15-26-23-13-12-16(14-21(22)23)25(27)28-3/h7-8,10-15,20,26H,4-6,9H2,1-3H3. The van der Waals surface area contributed by atoms with Crippen molar-refractivity contribution in [2.45, 2.75) is 45.4 Å². The van der Waals surface area contributed by atoms with Crippen LogP contribution in [0.2, 0.25) is 0 Å². The molecule has 0 fully saturated rings. The first kappa shape index (κ1) is 18.5. The number of fused-ring (bicyclic) bond motifs is 2. The molecule has 3 heteroatoms. The van der Waals surface area contributed by atoms with Crippen molar-refractivity contribution >= 4 is 28.0 Å². The third-order valence-corrected chi connectivity index (χ3v) is 5.93. The number of H-pyrrole nitrogens is 1. The van der Waals surface area contributed by atoms with Crippen molar-refractivity contribution in [3.05, 3.63) is 70.9 Å². The van der Waals surface area contributed by atoms with E-state index in [9.17, 15) is 4.79 Å². The Labute approximate surface area is 166 Å². The van der Waals surface area contributed by atoms with Crippen LogP contribution in [0.15, 0.2) is 48.7 Å². The van der Waals surface area contributed by atoms with Gasteiger partial charge in [0.2, 0.25) is 0 Å². The quantitative estimate of drug-likeness (QED) is 0.497. The molecule has 0 spiro atoms. The maximum atomic E-state index is 12.1. The molecule has 144 valence electrons. The number of hydrogen-bond acceptors (Lipinski definition) is 2. The predicted molar refractivity (Wildman–Crippen MR) is 115 cm³/mol. The van der Waals surface area contributed by atoms with Crippen LogP contribution in [0.5, 0.6) is 0 Å². The number of allylic oxidation sites excluding steroid dienone is 2. The lowest BCUT2D eigenvalue weighted by Gasteiger charge is -2.17. The Bertz CT molecular complexity index is 1060. The van der Waals surface area contributed by atoms with Crippen molar-refractivity contribution in [1.29, 1.82) is 0 Å². The van der Waals surface area contributed by atoms with E-state index < -0.39 is 0 Å². The molecule has 3 nitrogen and oxygen atoms in total. The number of benzene rings is 2. The fraction of sp³-hybridized carbons (Fsp3) is 0.320. The predicted octanol–water partition coefficient (Wildman–Crippen LogP) is 6.56. The molecule has 0 bridgehead atoms. The van der Waals surface area contributed by atoms with Gasteiger partial charge in [0.25, 0.3) is 0 Å². The van der Waals surface area contributed by atoms with Crippen molar-refractivity contribution in [2.75, 3.05) is 7.11 Å². The lowest BCUT2D eigenvalue weighted by molar-refractivity contribution is 0.0601. The number of ether oxygens (including phenoxy) is 1. The molecule has 1 aromatic heterocycles. The van der Waals surface area contributed by atoms with Crippen LogP contribution < -0.4 is 0 Å². The summed E-state index contributed by atoms with van der Waals surface area (Å²) in [7, 11) is 1.43. The van der Waals surface area contributed by atoms with Crippen molar-refractivity contribution in [3.63, 3.8) is 0 Å². The van der Waals surface area contributed by atoms with Crippen LogP contribution in [0.4, 0.5) is 0 Å². The van der Waals surface area contributed by atoms with Crippen LogP contribution in [0.25, 0.3) is 22.0 Å². The number of carbonyl (C=O) groups is 1. The van der Waals surface area contributed by atoms with E-state index in [1.54, 1.807) is 0 Å². The fourth-order valence-corrected chi connectivity index (χ4v) is 4.61. The molecule has 2 aromatic carbocycles. The summed E-state index contributed by atoms with van der Waals surface area (Å²) in [5, 5.41) is 1.10. The molecule has 0 aliphatic heterocycles. The van der Waals surface area contributed by atoms with Crippen molar-refractivity contribution in [3.8, 4) is 0 Å². The molecular weight excluding hydrogens is 346 g/mol. The van der Waals surface area contributed by atoms with E-state index in [4.69, 9.17) is 4.74 Å². The Morgan fingerprint density at radius 3 is 2.68 bits per heavy atom. The smallest absolute Gasteiger partial charge is 0.337 e.